The predicted octanol–water partition coefficient (Wildman–Crippen LogP) is 3.60. The topological polar surface area (TPSA) is 66.5 Å². The van der Waals surface area contributed by atoms with E-state index in [2.05, 4.69) is 5.32 Å². The molecule has 0 spiro atoms. The molecule has 2 rings (SSSR count). The van der Waals surface area contributed by atoms with E-state index >= 15 is 0 Å². The van der Waals surface area contributed by atoms with Crippen molar-refractivity contribution in [3.63, 3.8) is 0 Å². The largest absolute Gasteiger partial charge is 0.354 e. The fraction of sp³-hybridized carbons (Fsp3) is 0.316. The fourth-order valence-electron chi connectivity index (χ4n) is 2.48. The molecule has 0 aromatic heterocycles. The second kappa shape index (κ2) is 10.1. The Bertz CT molecular complexity index is 939. The summed E-state index contributed by atoms with van der Waals surface area (Å²) >= 11 is 7.46. The molecule has 28 heavy (non-hydrogen) atoms. The van der Waals surface area contributed by atoms with E-state index in [4.69, 9.17) is 11.6 Å². The molecule has 0 unspecified atom stereocenters. The van der Waals surface area contributed by atoms with E-state index in [1.54, 1.807) is 37.3 Å². The number of hydrogen-bond donors (Lipinski definition) is 1. The average Bonchev–Trinajstić information content (AvgIpc) is 2.62. The van der Waals surface area contributed by atoms with E-state index < -0.39 is 15.9 Å². The highest BCUT2D eigenvalue weighted by molar-refractivity contribution is 7.98. The zero-order valence-corrected chi connectivity index (χ0v) is 18.0. The fourth-order valence-corrected chi connectivity index (χ4v) is 4.40. The molecule has 0 bridgehead atoms. The normalized spacial score (nSPS) is 11.3. The SMILES string of the molecule is Cc1ccc(Cl)cc1N(CC(=O)NCCSCc1ccccc1F)S(C)(=O)=O. The van der Waals surface area contributed by atoms with E-state index in [9.17, 15) is 17.6 Å². The van der Waals surface area contributed by atoms with Gasteiger partial charge in [0.1, 0.15) is 12.4 Å². The standard InChI is InChI=1S/C19H22ClFN2O3S2/c1-14-7-8-16(20)11-18(14)23(28(2,25)26)12-19(24)22-9-10-27-13-15-5-3-4-6-17(15)21/h3-8,11H,9-10,12-13H2,1-2H3,(H,22,24). The van der Waals surface area contributed by atoms with Gasteiger partial charge in [0.2, 0.25) is 15.9 Å². The molecular weight excluding hydrogens is 423 g/mol. The van der Waals surface area contributed by atoms with Gasteiger partial charge in [-0.2, -0.15) is 11.8 Å². The van der Waals surface area contributed by atoms with Crippen molar-refractivity contribution < 1.29 is 17.6 Å². The molecule has 2 aromatic carbocycles. The highest BCUT2D eigenvalue weighted by Crippen LogP contribution is 2.26. The number of nitrogens with zero attached hydrogens (tertiary/aromatic N) is 1. The van der Waals surface area contributed by atoms with E-state index in [-0.39, 0.29) is 12.4 Å². The first-order chi connectivity index (χ1) is 13.2. The van der Waals surface area contributed by atoms with Crippen molar-refractivity contribution in [2.75, 3.05) is 29.4 Å². The number of aryl methyl sites for hydroxylation is 1. The number of nitrogens with one attached hydrogen (secondary N) is 1. The number of rotatable bonds is 9. The molecule has 0 aliphatic carbocycles. The van der Waals surface area contributed by atoms with E-state index in [1.807, 2.05) is 0 Å². The molecular formula is C19H22ClFN2O3S2. The lowest BCUT2D eigenvalue weighted by Crippen LogP contribution is -2.41. The van der Waals surface area contributed by atoms with Gasteiger partial charge in [-0.25, -0.2) is 12.8 Å². The Morgan fingerprint density at radius 2 is 1.96 bits per heavy atom. The minimum Gasteiger partial charge on any atom is -0.354 e. The molecule has 2 aromatic rings. The molecule has 0 fully saturated rings. The minimum atomic E-state index is -3.66. The van der Waals surface area contributed by atoms with Crippen molar-refractivity contribution in [1.29, 1.82) is 0 Å². The maximum Gasteiger partial charge on any atom is 0.240 e. The van der Waals surface area contributed by atoms with Crippen molar-refractivity contribution in [1.82, 2.24) is 5.32 Å². The van der Waals surface area contributed by atoms with Crippen molar-refractivity contribution in [3.8, 4) is 0 Å². The molecule has 0 aliphatic rings. The number of anilines is 1. The third kappa shape index (κ3) is 6.68. The van der Waals surface area contributed by atoms with Crippen LogP contribution in [0.3, 0.4) is 0 Å². The minimum absolute atomic E-state index is 0.250. The van der Waals surface area contributed by atoms with E-state index in [0.717, 1.165) is 10.6 Å². The highest BCUT2D eigenvalue weighted by atomic mass is 35.5. The Hall–Kier alpha value is -1.77. The summed E-state index contributed by atoms with van der Waals surface area (Å²) in [5.41, 5.74) is 1.68. The number of benzene rings is 2. The molecule has 1 amide bonds. The zero-order valence-electron chi connectivity index (χ0n) is 15.6. The van der Waals surface area contributed by atoms with Gasteiger partial charge < -0.3 is 5.32 Å². The number of hydrogen-bond acceptors (Lipinski definition) is 4. The first kappa shape index (κ1) is 22.5. The van der Waals surface area contributed by atoms with Crippen molar-refractivity contribution in [2.45, 2.75) is 12.7 Å². The Morgan fingerprint density at radius 1 is 1.25 bits per heavy atom. The summed E-state index contributed by atoms with van der Waals surface area (Å²) in [7, 11) is -3.66. The summed E-state index contributed by atoms with van der Waals surface area (Å²) in [6.45, 7) is 1.77. The zero-order chi connectivity index (χ0) is 20.7. The van der Waals surface area contributed by atoms with Crippen LogP contribution < -0.4 is 9.62 Å². The molecule has 0 saturated heterocycles. The Balaban J connectivity index is 1.89. The lowest BCUT2D eigenvalue weighted by atomic mass is 10.2. The van der Waals surface area contributed by atoms with Crippen LogP contribution in [0.5, 0.6) is 0 Å². The molecule has 152 valence electrons. The summed E-state index contributed by atoms with van der Waals surface area (Å²) in [6.07, 6.45) is 1.05. The van der Waals surface area contributed by atoms with Crippen LogP contribution in [0.15, 0.2) is 42.5 Å². The maximum atomic E-state index is 13.5. The Morgan fingerprint density at radius 3 is 2.64 bits per heavy atom. The second-order valence-corrected chi connectivity index (χ2v) is 9.64. The molecule has 0 heterocycles. The number of amides is 1. The van der Waals surface area contributed by atoms with Gasteiger partial charge >= 0.3 is 0 Å². The predicted molar refractivity (Wildman–Crippen MR) is 114 cm³/mol. The number of thioether (sulfide) groups is 1. The summed E-state index contributed by atoms with van der Waals surface area (Å²) in [4.78, 5) is 12.2. The van der Waals surface area contributed by atoms with Gasteiger partial charge in [-0.1, -0.05) is 35.9 Å². The lowest BCUT2D eigenvalue weighted by Gasteiger charge is -2.23. The van der Waals surface area contributed by atoms with Gasteiger partial charge in [0, 0.05) is 23.1 Å². The van der Waals surface area contributed by atoms with Crippen molar-refractivity contribution >= 4 is 45.0 Å². The van der Waals surface area contributed by atoms with Gasteiger partial charge in [-0.05, 0) is 36.2 Å². The van der Waals surface area contributed by atoms with Crippen LogP contribution in [-0.2, 0) is 20.6 Å². The molecule has 0 saturated carbocycles. The van der Waals surface area contributed by atoms with E-state index in [1.165, 1.54) is 23.9 Å². The molecule has 1 N–H and O–H groups in total. The van der Waals surface area contributed by atoms with Gasteiger partial charge in [-0.15, -0.1) is 0 Å². The third-order valence-electron chi connectivity index (χ3n) is 3.91. The van der Waals surface area contributed by atoms with Crippen LogP contribution in [0.2, 0.25) is 5.02 Å². The molecule has 0 aliphatic heterocycles. The lowest BCUT2D eigenvalue weighted by molar-refractivity contribution is -0.119. The smallest absolute Gasteiger partial charge is 0.240 e. The molecule has 5 nitrogen and oxygen atoms in total. The second-order valence-electron chi connectivity index (χ2n) is 6.19. The van der Waals surface area contributed by atoms with Gasteiger partial charge in [0.25, 0.3) is 0 Å². The van der Waals surface area contributed by atoms with Gasteiger partial charge in [-0.3, -0.25) is 9.10 Å². The number of sulfonamides is 1. The van der Waals surface area contributed by atoms with Crippen molar-refractivity contribution in [2.24, 2.45) is 0 Å². The van der Waals surface area contributed by atoms with Crippen LogP contribution in [0.4, 0.5) is 10.1 Å². The summed E-state index contributed by atoms with van der Waals surface area (Å²) in [5.74, 6) is 0.408. The first-order valence-corrected chi connectivity index (χ1v) is 11.9. The summed E-state index contributed by atoms with van der Waals surface area (Å²) in [6, 6.07) is 11.4. The van der Waals surface area contributed by atoms with Gasteiger partial charge in [0.15, 0.2) is 0 Å². The Labute approximate surface area is 174 Å². The number of carbonyl (C=O) groups excluding carboxylic acids is 1. The van der Waals surface area contributed by atoms with Crippen LogP contribution >= 0.6 is 23.4 Å². The maximum absolute atomic E-state index is 13.5. The summed E-state index contributed by atoms with van der Waals surface area (Å²) in [5, 5.41) is 3.09. The number of halogens is 2. The van der Waals surface area contributed by atoms with Gasteiger partial charge in [0.05, 0.1) is 11.9 Å². The highest BCUT2D eigenvalue weighted by Gasteiger charge is 2.22. The number of carbonyl (C=O) groups is 1. The van der Waals surface area contributed by atoms with Crippen LogP contribution in [0.1, 0.15) is 11.1 Å². The van der Waals surface area contributed by atoms with Crippen LogP contribution in [-0.4, -0.2) is 39.4 Å². The monoisotopic (exact) mass is 444 g/mol. The quantitative estimate of drug-likeness (QED) is 0.600. The summed E-state index contributed by atoms with van der Waals surface area (Å²) < 4.78 is 38.9. The van der Waals surface area contributed by atoms with Crippen LogP contribution in [0, 0.1) is 12.7 Å². The Kier molecular flexibility index (Phi) is 8.15. The molecule has 0 radical (unpaired) electrons. The molecule has 0 atom stereocenters. The molecule has 9 heteroatoms. The third-order valence-corrected chi connectivity index (χ3v) is 6.28. The first-order valence-electron chi connectivity index (χ1n) is 8.50. The van der Waals surface area contributed by atoms with Crippen molar-refractivity contribution in [3.05, 3.63) is 64.4 Å². The average molecular weight is 445 g/mol. The van der Waals surface area contributed by atoms with E-state index in [0.29, 0.717) is 39.9 Å². The van der Waals surface area contributed by atoms with Crippen LogP contribution in [0.25, 0.3) is 0 Å².